The van der Waals surface area contributed by atoms with E-state index in [9.17, 15) is 4.79 Å². The van der Waals surface area contributed by atoms with E-state index in [1.165, 1.54) is 0 Å². The number of aromatic amines is 1. The van der Waals surface area contributed by atoms with E-state index in [2.05, 4.69) is 15.3 Å². The molecule has 3 aromatic rings. The number of rotatable bonds is 2. The first kappa shape index (κ1) is 11.3. The van der Waals surface area contributed by atoms with Crippen molar-refractivity contribution in [2.24, 2.45) is 0 Å². The molecule has 1 aromatic heterocycles. The van der Waals surface area contributed by atoms with Crippen molar-refractivity contribution < 1.29 is 0 Å². The fourth-order valence-electron chi connectivity index (χ4n) is 1.87. The summed E-state index contributed by atoms with van der Waals surface area (Å²) >= 11 is 0. The highest BCUT2D eigenvalue weighted by molar-refractivity contribution is 5.82. The van der Waals surface area contributed by atoms with E-state index in [4.69, 9.17) is 5.73 Å². The largest absolute Gasteiger partial charge is 0.399 e. The number of para-hydroxylation sites is 1. The fraction of sp³-hybridized carbons (Fsp3) is 0. The smallest absolute Gasteiger partial charge is 0.260 e. The number of benzene rings is 2. The number of fused-ring (bicyclic) bond motifs is 1. The van der Waals surface area contributed by atoms with Crippen LogP contribution in [0.25, 0.3) is 10.9 Å². The van der Waals surface area contributed by atoms with Gasteiger partial charge < -0.3 is 11.1 Å². The highest BCUT2D eigenvalue weighted by atomic mass is 16.1. The molecule has 94 valence electrons. The van der Waals surface area contributed by atoms with Crippen LogP contribution in [0, 0.1) is 0 Å². The molecule has 19 heavy (non-hydrogen) atoms. The summed E-state index contributed by atoms with van der Waals surface area (Å²) in [6.07, 6.45) is 0. The second kappa shape index (κ2) is 4.45. The van der Waals surface area contributed by atoms with Gasteiger partial charge in [0.05, 0.1) is 10.9 Å². The van der Waals surface area contributed by atoms with Crippen LogP contribution in [0.5, 0.6) is 0 Å². The van der Waals surface area contributed by atoms with Gasteiger partial charge in [-0.25, -0.2) is 4.98 Å². The minimum Gasteiger partial charge on any atom is -0.399 e. The number of hydrogen-bond acceptors (Lipinski definition) is 4. The molecule has 0 amide bonds. The Morgan fingerprint density at radius 3 is 2.68 bits per heavy atom. The Kier molecular flexibility index (Phi) is 2.64. The number of nitrogen functional groups attached to an aromatic ring is 1. The summed E-state index contributed by atoms with van der Waals surface area (Å²) in [5.74, 6) is 0.398. The van der Waals surface area contributed by atoms with Crippen LogP contribution in [-0.4, -0.2) is 9.97 Å². The van der Waals surface area contributed by atoms with Gasteiger partial charge in [-0.1, -0.05) is 18.2 Å². The average Bonchev–Trinajstić information content (AvgIpc) is 2.39. The van der Waals surface area contributed by atoms with Crippen molar-refractivity contribution in [3.05, 3.63) is 58.9 Å². The molecule has 0 bridgehead atoms. The van der Waals surface area contributed by atoms with E-state index in [-0.39, 0.29) is 5.56 Å². The molecule has 1 heterocycles. The third-order valence-electron chi connectivity index (χ3n) is 2.77. The van der Waals surface area contributed by atoms with Gasteiger partial charge in [-0.2, -0.15) is 0 Å². The lowest BCUT2D eigenvalue weighted by Crippen LogP contribution is -2.11. The molecule has 0 saturated carbocycles. The molecule has 0 aliphatic carbocycles. The molecular weight excluding hydrogens is 240 g/mol. The molecule has 0 spiro atoms. The van der Waals surface area contributed by atoms with Gasteiger partial charge in [0.15, 0.2) is 0 Å². The Morgan fingerprint density at radius 1 is 1.11 bits per heavy atom. The maximum atomic E-state index is 11.9. The van der Waals surface area contributed by atoms with Crippen molar-refractivity contribution in [2.75, 3.05) is 11.1 Å². The minimum absolute atomic E-state index is 0.191. The summed E-state index contributed by atoms with van der Waals surface area (Å²) < 4.78 is 0. The summed E-state index contributed by atoms with van der Waals surface area (Å²) in [6, 6.07) is 14.5. The molecule has 0 fully saturated rings. The number of aromatic nitrogens is 2. The number of anilines is 3. The molecule has 0 saturated heterocycles. The van der Waals surface area contributed by atoms with Crippen LogP contribution in [0.1, 0.15) is 0 Å². The molecule has 5 heteroatoms. The zero-order chi connectivity index (χ0) is 13.2. The van der Waals surface area contributed by atoms with Gasteiger partial charge in [0.2, 0.25) is 5.95 Å². The van der Waals surface area contributed by atoms with Crippen molar-refractivity contribution >= 4 is 28.2 Å². The van der Waals surface area contributed by atoms with Crippen LogP contribution in [0.4, 0.5) is 17.3 Å². The van der Waals surface area contributed by atoms with Crippen molar-refractivity contribution in [2.45, 2.75) is 0 Å². The minimum atomic E-state index is -0.191. The maximum Gasteiger partial charge on any atom is 0.260 e. The lowest BCUT2D eigenvalue weighted by Gasteiger charge is -2.06. The third kappa shape index (κ3) is 2.26. The molecule has 0 aliphatic heterocycles. The molecule has 0 atom stereocenters. The first-order valence-corrected chi connectivity index (χ1v) is 5.84. The van der Waals surface area contributed by atoms with Crippen LogP contribution in [0.15, 0.2) is 53.3 Å². The van der Waals surface area contributed by atoms with Crippen LogP contribution in [-0.2, 0) is 0 Å². The van der Waals surface area contributed by atoms with Gasteiger partial charge in [-0.05, 0) is 30.3 Å². The molecule has 0 unspecified atom stereocenters. The molecule has 4 N–H and O–H groups in total. The highest BCUT2D eigenvalue weighted by Gasteiger charge is 2.04. The molecular formula is C14H12N4O. The Morgan fingerprint density at radius 2 is 1.89 bits per heavy atom. The summed E-state index contributed by atoms with van der Waals surface area (Å²) in [5, 5.41) is 3.57. The predicted molar refractivity (Wildman–Crippen MR) is 76.5 cm³/mol. The summed E-state index contributed by atoms with van der Waals surface area (Å²) in [4.78, 5) is 19.0. The number of nitrogens with two attached hydrogens (primary N) is 1. The molecule has 5 nitrogen and oxygen atoms in total. The maximum absolute atomic E-state index is 11.9. The Hall–Kier alpha value is -2.82. The van der Waals surface area contributed by atoms with E-state index in [0.29, 0.717) is 22.5 Å². The van der Waals surface area contributed by atoms with Crippen LogP contribution in [0.3, 0.4) is 0 Å². The van der Waals surface area contributed by atoms with Gasteiger partial charge >= 0.3 is 0 Å². The lowest BCUT2D eigenvalue weighted by molar-refractivity contribution is 1.17. The van der Waals surface area contributed by atoms with Gasteiger partial charge in [-0.15, -0.1) is 0 Å². The molecule has 2 aromatic carbocycles. The molecule has 0 aliphatic rings. The van der Waals surface area contributed by atoms with Crippen LogP contribution in [0.2, 0.25) is 0 Å². The number of hydrogen-bond donors (Lipinski definition) is 3. The van der Waals surface area contributed by atoms with Gasteiger partial charge in [0, 0.05) is 11.4 Å². The average molecular weight is 252 g/mol. The van der Waals surface area contributed by atoms with Crippen molar-refractivity contribution in [1.29, 1.82) is 0 Å². The topological polar surface area (TPSA) is 83.8 Å². The van der Waals surface area contributed by atoms with Crippen LogP contribution >= 0.6 is 0 Å². The van der Waals surface area contributed by atoms with Crippen molar-refractivity contribution in [3.63, 3.8) is 0 Å². The number of nitrogens with one attached hydrogen (secondary N) is 2. The zero-order valence-electron chi connectivity index (χ0n) is 10.1. The van der Waals surface area contributed by atoms with Crippen molar-refractivity contribution in [3.8, 4) is 0 Å². The first-order valence-electron chi connectivity index (χ1n) is 5.84. The Bertz CT molecular complexity index is 780. The van der Waals surface area contributed by atoms with Crippen LogP contribution < -0.4 is 16.6 Å². The van der Waals surface area contributed by atoms with Crippen molar-refractivity contribution in [1.82, 2.24) is 9.97 Å². The number of H-pyrrole nitrogens is 1. The van der Waals surface area contributed by atoms with E-state index in [1.54, 1.807) is 18.2 Å². The third-order valence-corrected chi connectivity index (χ3v) is 2.77. The Labute approximate surface area is 109 Å². The normalized spacial score (nSPS) is 10.5. The highest BCUT2D eigenvalue weighted by Crippen LogP contribution is 2.15. The van der Waals surface area contributed by atoms with E-state index in [1.807, 2.05) is 30.3 Å². The Balaban J connectivity index is 2.08. The summed E-state index contributed by atoms with van der Waals surface area (Å²) in [6.45, 7) is 0. The van der Waals surface area contributed by atoms with Gasteiger partial charge in [0.25, 0.3) is 5.56 Å². The lowest BCUT2D eigenvalue weighted by atomic mass is 10.2. The van der Waals surface area contributed by atoms with Gasteiger partial charge in [-0.3, -0.25) is 9.78 Å². The summed E-state index contributed by atoms with van der Waals surface area (Å²) in [5.41, 5.74) is 7.52. The molecule has 0 radical (unpaired) electrons. The summed E-state index contributed by atoms with van der Waals surface area (Å²) in [7, 11) is 0. The SMILES string of the molecule is Nc1ccc2c(=O)[nH]c(Nc3ccccc3)nc2c1. The van der Waals surface area contributed by atoms with E-state index in [0.717, 1.165) is 5.69 Å². The second-order valence-electron chi connectivity index (χ2n) is 4.18. The van der Waals surface area contributed by atoms with E-state index < -0.39 is 0 Å². The monoisotopic (exact) mass is 252 g/mol. The van der Waals surface area contributed by atoms with E-state index >= 15 is 0 Å². The first-order chi connectivity index (χ1) is 9.22. The fourth-order valence-corrected chi connectivity index (χ4v) is 1.87. The second-order valence-corrected chi connectivity index (χ2v) is 4.18. The van der Waals surface area contributed by atoms with Gasteiger partial charge in [0.1, 0.15) is 0 Å². The quantitative estimate of drug-likeness (QED) is 0.611. The predicted octanol–water partition coefficient (Wildman–Crippen LogP) is 2.25. The number of nitrogens with zero attached hydrogens (tertiary/aromatic N) is 1. The molecule has 3 rings (SSSR count). The zero-order valence-corrected chi connectivity index (χ0v) is 10.1. The standard InChI is InChI=1S/C14H12N4O/c15-9-6-7-11-12(8-9)17-14(18-13(11)19)16-10-4-2-1-3-5-10/h1-8H,15H2,(H2,16,17,18,19).